The first kappa shape index (κ1) is 9.95. The molecule has 0 aromatic carbocycles. The van der Waals surface area contributed by atoms with Crippen LogP contribution in [0.3, 0.4) is 0 Å². The Morgan fingerprint density at radius 2 is 2.13 bits per heavy atom. The highest BCUT2D eigenvalue weighted by atomic mass is 16.4. The summed E-state index contributed by atoms with van der Waals surface area (Å²) in [6, 6.07) is -0.158. The maximum atomic E-state index is 11.5. The van der Waals surface area contributed by atoms with E-state index >= 15 is 0 Å². The van der Waals surface area contributed by atoms with Gasteiger partial charge in [-0.2, -0.15) is 0 Å². The molecular formula is C9H12N2O4. The predicted molar refractivity (Wildman–Crippen MR) is 48.9 cm³/mol. The number of hydrogen-bond acceptors (Lipinski definition) is 3. The molecule has 2 unspecified atom stereocenters. The lowest BCUT2D eigenvalue weighted by Crippen LogP contribution is -2.38. The van der Waals surface area contributed by atoms with Crippen molar-refractivity contribution < 1.29 is 19.5 Å². The van der Waals surface area contributed by atoms with Crippen molar-refractivity contribution >= 4 is 17.8 Å². The minimum absolute atomic E-state index is 0.0556. The zero-order chi connectivity index (χ0) is 11.0. The van der Waals surface area contributed by atoms with Crippen molar-refractivity contribution in [2.45, 2.75) is 18.9 Å². The Morgan fingerprint density at radius 3 is 2.60 bits per heavy atom. The molecule has 0 aromatic heterocycles. The third-order valence-corrected chi connectivity index (χ3v) is 2.90. The van der Waals surface area contributed by atoms with Crippen LogP contribution in [0.5, 0.6) is 0 Å². The molecule has 6 heteroatoms. The van der Waals surface area contributed by atoms with E-state index in [4.69, 9.17) is 5.11 Å². The molecule has 0 aliphatic carbocycles. The van der Waals surface area contributed by atoms with Crippen LogP contribution in [0.1, 0.15) is 12.8 Å². The lowest BCUT2D eigenvalue weighted by molar-refractivity contribution is -0.141. The molecule has 0 saturated carbocycles. The highest BCUT2D eigenvalue weighted by Crippen LogP contribution is 2.22. The van der Waals surface area contributed by atoms with Gasteiger partial charge in [0.05, 0.1) is 12.0 Å². The minimum Gasteiger partial charge on any atom is -0.481 e. The largest absolute Gasteiger partial charge is 0.481 e. The van der Waals surface area contributed by atoms with Crippen molar-refractivity contribution in [1.29, 1.82) is 0 Å². The summed E-state index contributed by atoms with van der Waals surface area (Å²) in [6.07, 6.45) is 0.345. The Labute approximate surface area is 86.2 Å². The molecular weight excluding hydrogens is 200 g/mol. The molecule has 0 spiro atoms. The van der Waals surface area contributed by atoms with Gasteiger partial charge in [0.15, 0.2) is 0 Å². The molecule has 2 amide bonds. The number of carbonyl (C=O) groups excluding carboxylic acids is 2. The number of aliphatic carboxylic acids is 1. The fourth-order valence-corrected chi connectivity index (χ4v) is 2.06. The molecule has 2 fully saturated rings. The molecule has 2 atom stereocenters. The molecule has 2 rings (SSSR count). The summed E-state index contributed by atoms with van der Waals surface area (Å²) < 4.78 is 0. The summed E-state index contributed by atoms with van der Waals surface area (Å²) in [7, 11) is 0. The van der Waals surface area contributed by atoms with Gasteiger partial charge in [-0.1, -0.05) is 0 Å². The van der Waals surface area contributed by atoms with Gasteiger partial charge in [0.1, 0.15) is 0 Å². The number of hydrogen-bond donors (Lipinski definition) is 2. The van der Waals surface area contributed by atoms with Gasteiger partial charge in [-0.15, -0.1) is 0 Å². The van der Waals surface area contributed by atoms with Gasteiger partial charge in [0.2, 0.25) is 11.8 Å². The van der Waals surface area contributed by atoms with Gasteiger partial charge in [-0.3, -0.25) is 14.4 Å². The highest BCUT2D eigenvalue weighted by molar-refractivity contribution is 5.87. The van der Waals surface area contributed by atoms with E-state index in [1.54, 1.807) is 0 Å². The third kappa shape index (κ3) is 1.79. The third-order valence-electron chi connectivity index (χ3n) is 2.90. The number of likely N-dealkylation sites (tertiary alicyclic amines) is 1. The lowest BCUT2D eigenvalue weighted by Gasteiger charge is -2.22. The molecule has 2 N–H and O–H groups in total. The van der Waals surface area contributed by atoms with Crippen molar-refractivity contribution in [2.24, 2.45) is 5.92 Å². The fraction of sp³-hybridized carbons (Fsp3) is 0.667. The van der Waals surface area contributed by atoms with Crippen LogP contribution in [-0.4, -0.2) is 46.9 Å². The molecule has 6 nitrogen and oxygen atoms in total. The number of rotatable bonds is 2. The maximum absolute atomic E-state index is 11.5. The van der Waals surface area contributed by atoms with E-state index in [1.165, 1.54) is 4.90 Å². The Morgan fingerprint density at radius 1 is 1.40 bits per heavy atom. The Kier molecular flexibility index (Phi) is 2.34. The second-order valence-corrected chi connectivity index (χ2v) is 3.95. The van der Waals surface area contributed by atoms with Crippen LogP contribution in [0.2, 0.25) is 0 Å². The average molecular weight is 212 g/mol. The quantitative estimate of drug-likeness (QED) is 0.602. The Balaban J connectivity index is 2.02. The summed E-state index contributed by atoms with van der Waals surface area (Å²) in [6.45, 7) is 0.671. The topological polar surface area (TPSA) is 86.7 Å². The summed E-state index contributed by atoms with van der Waals surface area (Å²) >= 11 is 0. The van der Waals surface area contributed by atoms with Gasteiger partial charge in [0, 0.05) is 25.9 Å². The molecule has 2 saturated heterocycles. The minimum atomic E-state index is -0.942. The number of nitrogens with zero attached hydrogens (tertiary/aromatic N) is 1. The molecule has 0 aromatic rings. The van der Waals surface area contributed by atoms with Gasteiger partial charge in [0.25, 0.3) is 0 Å². The molecule has 82 valence electrons. The van der Waals surface area contributed by atoms with Crippen LogP contribution in [0.4, 0.5) is 0 Å². The van der Waals surface area contributed by atoms with E-state index in [0.717, 1.165) is 0 Å². The van der Waals surface area contributed by atoms with Crippen molar-refractivity contribution in [3.63, 3.8) is 0 Å². The number of carbonyl (C=O) groups is 3. The van der Waals surface area contributed by atoms with Crippen LogP contribution in [0.25, 0.3) is 0 Å². The number of carboxylic acid groups (broad SMARTS) is 1. The Hall–Kier alpha value is -1.59. The number of amides is 2. The molecule has 0 radical (unpaired) electrons. The van der Waals surface area contributed by atoms with Crippen molar-refractivity contribution in [3.05, 3.63) is 0 Å². The fourth-order valence-electron chi connectivity index (χ4n) is 2.06. The second-order valence-electron chi connectivity index (χ2n) is 3.95. The van der Waals surface area contributed by atoms with Gasteiger partial charge in [-0.05, 0) is 0 Å². The van der Waals surface area contributed by atoms with E-state index in [-0.39, 0.29) is 37.2 Å². The zero-order valence-electron chi connectivity index (χ0n) is 8.10. The smallest absolute Gasteiger partial charge is 0.308 e. The first-order valence-corrected chi connectivity index (χ1v) is 4.87. The lowest BCUT2D eigenvalue weighted by atomic mass is 10.1. The van der Waals surface area contributed by atoms with Crippen LogP contribution in [0, 0.1) is 5.92 Å². The van der Waals surface area contributed by atoms with Gasteiger partial charge >= 0.3 is 5.97 Å². The van der Waals surface area contributed by atoms with E-state index in [0.29, 0.717) is 6.54 Å². The monoisotopic (exact) mass is 212 g/mol. The maximum Gasteiger partial charge on any atom is 0.308 e. The van der Waals surface area contributed by atoms with Crippen molar-refractivity contribution in [1.82, 2.24) is 10.2 Å². The molecule has 0 bridgehead atoms. The van der Waals surface area contributed by atoms with Crippen LogP contribution in [-0.2, 0) is 14.4 Å². The summed E-state index contributed by atoms with van der Waals surface area (Å²) in [5.74, 6) is -1.80. The molecule has 2 aliphatic rings. The standard InChI is InChI=1S/C9H12N2O4/c12-7-2-6(3-10-7)11-4-5(9(14)15)1-8(11)13/h5-6H,1-4H2,(H,10,12)(H,14,15). The molecule has 2 heterocycles. The summed E-state index contributed by atoms with van der Waals surface area (Å²) in [5, 5.41) is 11.4. The van der Waals surface area contributed by atoms with E-state index in [2.05, 4.69) is 5.32 Å². The number of carboxylic acids is 1. The Bertz CT molecular complexity index is 328. The van der Waals surface area contributed by atoms with E-state index in [1.807, 2.05) is 0 Å². The predicted octanol–water partition coefficient (Wildman–Crippen LogP) is -1.19. The first-order valence-electron chi connectivity index (χ1n) is 4.87. The first-order chi connectivity index (χ1) is 7.08. The summed E-state index contributed by atoms with van der Waals surface area (Å²) in [4.78, 5) is 34.7. The van der Waals surface area contributed by atoms with Crippen molar-refractivity contribution in [3.8, 4) is 0 Å². The van der Waals surface area contributed by atoms with Gasteiger partial charge in [-0.25, -0.2) is 0 Å². The normalized spacial score (nSPS) is 30.8. The van der Waals surface area contributed by atoms with Gasteiger partial charge < -0.3 is 15.3 Å². The SMILES string of the molecule is O=C1CC(N2CC(C(=O)O)CC2=O)CN1. The number of nitrogens with one attached hydrogen (secondary N) is 1. The zero-order valence-corrected chi connectivity index (χ0v) is 8.10. The van der Waals surface area contributed by atoms with E-state index < -0.39 is 11.9 Å². The summed E-state index contributed by atoms with van der Waals surface area (Å²) in [5.41, 5.74) is 0. The van der Waals surface area contributed by atoms with Crippen LogP contribution in [0.15, 0.2) is 0 Å². The molecule has 15 heavy (non-hydrogen) atoms. The molecule has 2 aliphatic heterocycles. The van der Waals surface area contributed by atoms with Crippen molar-refractivity contribution in [2.75, 3.05) is 13.1 Å². The van der Waals surface area contributed by atoms with Crippen LogP contribution < -0.4 is 5.32 Å². The average Bonchev–Trinajstić information content (AvgIpc) is 2.71. The van der Waals surface area contributed by atoms with Crippen LogP contribution >= 0.6 is 0 Å². The second kappa shape index (κ2) is 3.52. The highest BCUT2D eigenvalue weighted by Gasteiger charge is 2.40. The van der Waals surface area contributed by atoms with E-state index in [9.17, 15) is 14.4 Å².